The topological polar surface area (TPSA) is 84.5 Å². The highest BCUT2D eigenvalue weighted by molar-refractivity contribution is 7.91. The molecule has 3 aromatic rings. The molecule has 0 aliphatic heterocycles. The summed E-state index contributed by atoms with van der Waals surface area (Å²) in [7, 11) is -3.79. The maximum atomic E-state index is 13.9. The Morgan fingerprint density at radius 2 is 2.00 bits per heavy atom. The van der Waals surface area contributed by atoms with Gasteiger partial charge in [0.2, 0.25) is 9.84 Å². The molecule has 0 saturated carbocycles. The van der Waals surface area contributed by atoms with Crippen LogP contribution in [0.4, 0.5) is 4.39 Å². The quantitative estimate of drug-likeness (QED) is 0.243. The van der Waals surface area contributed by atoms with Gasteiger partial charge in [0, 0.05) is 10.4 Å². The van der Waals surface area contributed by atoms with Crippen molar-refractivity contribution in [1.82, 2.24) is 10.6 Å². The van der Waals surface area contributed by atoms with Gasteiger partial charge in [-0.15, -0.1) is 11.3 Å². The van der Waals surface area contributed by atoms with Crippen molar-refractivity contribution in [1.29, 1.82) is 0 Å². The Hall–Kier alpha value is -2.53. The monoisotopic (exact) mass is 552 g/mol. The third-order valence-electron chi connectivity index (χ3n) is 5.73. The van der Waals surface area contributed by atoms with Gasteiger partial charge < -0.3 is 15.4 Å². The molecule has 0 spiro atoms. The first kappa shape index (κ1) is 25.6. The summed E-state index contributed by atoms with van der Waals surface area (Å²) >= 11 is 12.2. The van der Waals surface area contributed by atoms with E-state index in [0.717, 1.165) is 23.3 Å². The Kier molecular flexibility index (Phi) is 7.75. The summed E-state index contributed by atoms with van der Waals surface area (Å²) in [6, 6.07) is 10.8. The lowest BCUT2D eigenvalue weighted by atomic mass is 10.1. The first-order valence-electron chi connectivity index (χ1n) is 10.8. The number of benzene rings is 2. The number of thiophene rings is 1. The van der Waals surface area contributed by atoms with E-state index in [4.69, 9.17) is 28.6 Å². The van der Waals surface area contributed by atoms with Crippen LogP contribution in [-0.4, -0.2) is 32.7 Å². The number of hydrogen-bond acceptors (Lipinski definition) is 6. The van der Waals surface area contributed by atoms with Crippen molar-refractivity contribution in [2.75, 3.05) is 13.2 Å². The second-order valence-corrected chi connectivity index (χ2v) is 11.6. The predicted molar refractivity (Wildman–Crippen MR) is 137 cm³/mol. The van der Waals surface area contributed by atoms with Gasteiger partial charge in [0.15, 0.2) is 5.11 Å². The minimum Gasteiger partial charge on any atom is -0.460 e. The Morgan fingerprint density at radius 3 is 2.74 bits per heavy atom. The number of hydrogen-bond donors (Lipinski definition) is 2. The third kappa shape index (κ3) is 5.50. The molecule has 11 heteroatoms. The number of carbonyl (C=O) groups is 1. The Labute approximate surface area is 217 Å². The molecule has 2 N–H and O–H groups in total. The van der Waals surface area contributed by atoms with Gasteiger partial charge >= 0.3 is 5.97 Å². The zero-order valence-corrected chi connectivity index (χ0v) is 21.8. The van der Waals surface area contributed by atoms with Crippen molar-refractivity contribution in [2.45, 2.75) is 35.6 Å². The average molecular weight is 553 g/mol. The van der Waals surface area contributed by atoms with Gasteiger partial charge in [0.25, 0.3) is 0 Å². The van der Waals surface area contributed by atoms with Crippen LogP contribution >= 0.6 is 35.2 Å². The molecule has 0 fully saturated rings. The Balaban J connectivity index is 1.29. The second-order valence-electron chi connectivity index (χ2n) is 7.95. The van der Waals surface area contributed by atoms with Crippen molar-refractivity contribution >= 4 is 56.1 Å². The number of rotatable bonds is 7. The zero-order valence-electron chi connectivity index (χ0n) is 18.6. The van der Waals surface area contributed by atoms with Crippen LogP contribution in [0.15, 0.2) is 57.6 Å². The molecular weight excluding hydrogens is 531 g/mol. The number of nitrogens with one attached hydrogen (secondary N) is 2. The van der Waals surface area contributed by atoms with E-state index in [9.17, 15) is 17.6 Å². The van der Waals surface area contributed by atoms with Gasteiger partial charge in [-0.1, -0.05) is 23.7 Å². The third-order valence-corrected chi connectivity index (χ3v) is 9.35. The molecule has 35 heavy (non-hydrogen) atoms. The molecule has 0 radical (unpaired) electrons. The zero-order chi connectivity index (χ0) is 25.2. The van der Waals surface area contributed by atoms with Crippen LogP contribution < -0.4 is 10.6 Å². The van der Waals surface area contributed by atoms with Crippen molar-refractivity contribution in [2.24, 2.45) is 0 Å². The number of halogens is 2. The molecule has 1 aromatic heterocycles. The molecule has 1 heterocycles. The summed E-state index contributed by atoms with van der Waals surface area (Å²) in [6.07, 6.45) is 1.39. The van der Waals surface area contributed by atoms with Crippen LogP contribution in [0, 0.1) is 12.7 Å². The largest absolute Gasteiger partial charge is 0.460 e. The molecular formula is C24H22ClFN2O4S3. The van der Waals surface area contributed by atoms with E-state index in [1.54, 1.807) is 13.0 Å². The lowest BCUT2D eigenvalue weighted by molar-refractivity contribution is 0.0517. The van der Waals surface area contributed by atoms with Crippen LogP contribution in [0.3, 0.4) is 0 Å². The normalized spacial score (nSPS) is 14.9. The number of sulfone groups is 1. The molecule has 184 valence electrons. The van der Waals surface area contributed by atoms with E-state index < -0.39 is 15.8 Å². The van der Waals surface area contributed by atoms with Crippen LogP contribution in [0.2, 0.25) is 5.02 Å². The van der Waals surface area contributed by atoms with Crippen LogP contribution in [-0.2, 0) is 21.0 Å². The lowest BCUT2D eigenvalue weighted by Crippen LogP contribution is -2.38. The van der Waals surface area contributed by atoms with Gasteiger partial charge in [-0.3, -0.25) is 0 Å². The van der Waals surface area contributed by atoms with Crippen molar-refractivity contribution in [3.05, 3.63) is 80.3 Å². The van der Waals surface area contributed by atoms with Gasteiger partial charge in [0.05, 0.1) is 22.4 Å². The number of thiocarbonyl (C=S) groups is 1. The van der Waals surface area contributed by atoms with E-state index in [0.29, 0.717) is 27.7 Å². The Morgan fingerprint density at radius 1 is 1.26 bits per heavy atom. The highest BCUT2D eigenvalue weighted by atomic mass is 35.5. The number of fused-ring (bicyclic) bond motifs is 1. The molecule has 2 aromatic carbocycles. The van der Waals surface area contributed by atoms with E-state index in [1.807, 2.05) is 6.07 Å². The van der Waals surface area contributed by atoms with Crippen molar-refractivity contribution in [3.8, 4) is 0 Å². The summed E-state index contributed by atoms with van der Waals surface area (Å²) in [5, 5.41) is 8.40. The standard InChI is InChI=1S/C24H22ClFN2O4S3/c1-14-21(35(30,31)16-7-5-15(25)6-8-16)13-34-22(14)23(29)32-12-11-27-24(33)28-20-10-9-17-18(20)3-2-4-19(17)26/h2-8,13,20H,9-12H2,1H3,(H2,27,28,33). The fraction of sp³-hybridized carbons (Fsp3) is 0.250. The first-order chi connectivity index (χ1) is 16.7. The maximum Gasteiger partial charge on any atom is 0.348 e. The number of esters is 1. The molecule has 1 atom stereocenters. The van der Waals surface area contributed by atoms with E-state index >= 15 is 0 Å². The maximum absolute atomic E-state index is 13.9. The summed E-state index contributed by atoms with van der Waals surface area (Å²) in [4.78, 5) is 12.9. The summed E-state index contributed by atoms with van der Waals surface area (Å²) in [6.45, 7) is 1.88. The van der Waals surface area contributed by atoms with Crippen molar-refractivity contribution < 1.29 is 22.3 Å². The lowest BCUT2D eigenvalue weighted by Gasteiger charge is -2.17. The van der Waals surface area contributed by atoms with E-state index in [1.165, 1.54) is 35.7 Å². The van der Waals surface area contributed by atoms with E-state index in [-0.39, 0.29) is 39.7 Å². The van der Waals surface area contributed by atoms with Gasteiger partial charge in [-0.05, 0) is 79.0 Å². The molecule has 0 amide bonds. The number of carbonyl (C=O) groups excluding carboxylic acids is 1. The fourth-order valence-corrected chi connectivity index (χ4v) is 7.13. The highest BCUT2D eigenvalue weighted by Crippen LogP contribution is 2.33. The molecule has 0 bridgehead atoms. The minimum absolute atomic E-state index is 0.0349. The fourth-order valence-electron chi connectivity index (χ4n) is 3.95. The predicted octanol–water partition coefficient (Wildman–Crippen LogP) is 4.99. The Bertz CT molecular complexity index is 1370. The summed E-state index contributed by atoms with van der Waals surface area (Å²) < 4.78 is 45.1. The molecule has 6 nitrogen and oxygen atoms in total. The average Bonchev–Trinajstić information content (AvgIpc) is 3.41. The van der Waals surface area contributed by atoms with E-state index in [2.05, 4.69) is 10.6 Å². The van der Waals surface area contributed by atoms with Gasteiger partial charge in [0.1, 0.15) is 17.3 Å². The molecule has 1 aliphatic rings. The summed E-state index contributed by atoms with van der Waals surface area (Å²) in [5.74, 6) is -0.809. The molecule has 0 saturated heterocycles. The molecule has 1 aliphatic carbocycles. The molecule has 1 unspecified atom stereocenters. The first-order valence-corrected chi connectivity index (χ1v) is 13.9. The van der Waals surface area contributed by atoms with Crippen molar-refractivity contribution in [3.63, 3.8) is 0 Å². The SMILES string of the molecule is Cc1c(S(=O)(=O)c2ccc(Cl)cc2)csc1C(=O)OCCNC(=S)NC1CCc2c(F)cccc21. The van der Waals surface area contributed by atoms with Crippen LogP contribution in [0.1, 0.15) is 38.8 Å². The van der Waals surface area contributed by atoms with Gasteiger partial charge in [-0.2, -0.15) is 0 Å². The number of ether oxygens (including phenoxy) is 1. The second kappa shape index (κ2) is 10.6. The smallest absolute Gasteiger partial charge is 0.348 e. The minimum atomic E-state index is -3.79. The summed E-state index contributed by atoms with van der Waals surface area (Å²) in [5.41, 5.74) is 1.95. The van der Waals surface area contributed by atoms with Crippen LogP contribution in [0.5, 0.6) is 0 Å². The van der Waals surface area contributed by atoms with Gasteiger partial charge in [-0.25, -0.2) is 17.6 Å². The molecule has 4 rings (SSSR count). The van der Waals surface area contributed by atoms with Crippen LogP contribution in [0.25, 0.3) is 0 Å². The highest BCUT2D eigenvalue weighted by Gasteiger charge is 2.27.